The van der Waals surface area contributed by atoms with Gasteiger partial charge in [-0.3, -0.25) is 14.9 Å². The minimum Gasteiger partial charge on any atom is -0.496 e. The van der Waals surface area contributed by atoms with Crippen molar-refractivity contribution in [1.29, 1.82) is 0 Å². The van der Waals surface area contributed by atoms with Crippen molar-refractivity contribution in [2.24, 2.45) is 0 Å². The first-order chi connectivity index (χ1) is 12.4. The van der Waals surface area contributed by atoms with Crippen LogP contribution in [0.25, 0.3) is 0 Å². The van der Waals surface area contributed by atoms with Gasteiger partial charge in [0.2, 0.25) is 0 Å². The minimum absolute atomic E-state index is 0.0501. The number of hydrogen-bond donors (Lipinski definition) is 1. The van der Waals surface area contributed by atoms with Gasteiger partial charge in [0.1, 0.15) is 11.5 Å². The third-order valence-corrected chi connectivity index (χ3v) is 3.49. The highest BCUT2D eigenvalue weighted by atomic mass is 19.3. The summed E-state index contributed by atoms with van der Waals surface area (Å²) in [5.74, 6) is -0.237. The Hall–Kier alpha value is -3.23. The van der Waals surface area contributed by atoms with Gasteiger partial charge in [-0.25, -0.2) is 0 Å². The molecule has 0 aliphatic carbocycles. The molecule has 0 unspecified atom stereocenters. The van der Waals surface area contributed by atoms with Gasteiger partial charge in [-0.05, 0) is 30.2 Å². The highest BCUT2D eigenvalue weighted by Crippen LogP contribution is 2.23. The first-order valence-corrected chi connectivity index (χ1v) is 7.55. The maximum absolute atomic E-state index is 12.2. The molecule has 9 heteroatoms. The normalized spacial score (nSPS) is 10.5. The van der Waals surface area contributed by atoms with Crippen LogP contribution in [-0.2, 0) is 6.42 Å². The number of carbonyl (C=O) groups is 1. The van der Waals surface area contributed by atoms with Crippen LogP contribution in [0.3, 0.4) is 0 Å². The number of methoxy groups -OCH3 is 1. The summed E-state index contributed by atoms with van der Waals surface area (Å²) in [6.07, 6.45) is 0.442. The van der Waals surface area contributed by atoms with Crippen LogP contribution in [-0.4, -0.2) is 31.1 Å². The predicted octanol–water partition coefficient (Wildman–Crippen LogP) is 3.18. The number of nitro groups is 1. The monoisotopic (exact) mass is 366 g/mol. The number of benzene rings is 2. The number of rotatable bonds is 8. The largest absolute Gasteiger partial charge is 0.496 e. The Bertz CT molecular complexity index is 781. The number of alkyl halides is 2. The van der Waals surface area contributed by atoms with Crippen molar-refractivity contribution in [3.05, 3.63) is 63.7 Å². The fourth-order valence-corrected chi connectivity index (χ4v) is 2.24. The second kappa shape index (κ2) is 8.75. The number of nitrogens with zero attached hydrogens (tertiary/aromatic N) is 1. The van der Waals surface area contributed by atoms with E-state index in [1.807, 2.05) is 0 Å². The smallest absolute Gasteiger partial charge is 0.387 e. The summed E-state index contributed by atoms with van der Waals surface area (Å²) in [7, 11) is 1.36. The van der Waals surface area contributed by atoms with Gasteiger partial charge in [-0.15, -0.1) is 0 Å². The van der Waals surface area contributed by atoms with E-state index in [9.17, 15) is 23.7 Å². The molecule has 26 heavy (non-hydrogen) atoms. The number of nitro benzene ring substituents is 1. The van der Waals surface area contributed by atoms with Crippen LogP contribution in [0.15, 0.2) is 42.5 Å². The maximum atomic E-state index is 12.2. The van der Waals surface area contributed by atoms with Crippen molar-refractivity contribution in [2.75, 3.05) is 13.7 Å². The molecular formula is C17H16F2N2O5. The average molecular weight is 366 g/mol. The van der Waals surface area contributed by atoms with Crippen LogP contribution in [0.4, 0.5) is 14.5 Å². The van der Waals surface area contributed by atoms with Gasteiger partial charge >= 0.3 is 6.61 Å². The molecule has 0 aromatic heterocycles. The molecule has 0 fully saturated rings. The third kappa shape index (κ3) is 5.13. The summed E-state index contributed by atoms with van der Waals surface area (Å²) >= 11 is 0. The zero-order valence-electron chi connectivity index (χ0n) is 13.8. The lowest BCUT2D eigenvalue weighted by Gasteiger charge is -2.10. The van der Waals surface area contributed by atoms with Crippen LogP contribution in [0.5, 0.6) is 11.5 Å². The van der Waals surface area contributed by atoms with Gasteiger partial charge in [0.15, 0.2) is 0 Å². The molecule has 2 aromatic carbocycles. The molecule has 7 nitrogen and oxygen atoms in total. The molecule has 2 aromatic rings. The molecule has 0 radical (unpaired) electrons. The molecule has 0 saturated heterocycles. The average Bonchev–Trinajstić information content (AvgIpc) is 2.62. The number of nitrogens with one attached hydrogen (secondary N) is 1. The molecule has 2 rings (SSSR count). The van der Waals surface area contributed by atoms with Crippen molar-refractivity contribution >= 4 is 11.6 Å². The number of hydrogen-bond acceptors (Lipinski definition) is 5. The third-order valence-electron chi connectivity index (χ3n) is 3.49. The second-order valence-corrected chi connectivity index (χ2v) is 5.17. The lowest BCUT2D eigenvalue weighted by atomic mass is 10.1. The van der Waals surface area contributed by atoms with Crippen molar-refractivity contribution in [2.45, 2.75) is 13.0 Å². The van der Waals surface area contributed by atoms with E-state index in [1.54, 1.807) is 12.1 Å². The molecule has 0 aliphatic rings. The fourth-order valence-electron chi connectivity index (χ4n) is 2.24. The van der Waals surface area contributed by atoms with Gasteiger partial charge in [0.05, 0.1) is 17.6 Å². The minimum atomic E-state index is -2.88. The van der Waals surface area contributed by atoms with Gasteiger partial charge < -0.3 is 14.8 Å². The van der Waals surface area contributed by atoms with Crippen LogP contribution in [0.1, 0.15) is 15.9 Å². The summed E-state index contributed by atoms with van der Waals surface area (Å²) in [6, 6.07) is 9.79. The number of carbonyl (C=O) groups excluding carboxylic acids is 1. The van der Waals surface area contributed by atoms with E-state index < -0.39 is 17.4 Å². The Kier molecular flexibility index (Phi) is 6.42. The summed E-state index contributed by atoms with van der Waals surface area (Å²) in [5, 5.41) is 13.5. The highest BCUT2D eigenvalue weighted by Gasteiger charge is 2.17. The summed E-state index contributed by atoms with van der Waals surface area (Å²) < 4.78 is 33.5. The fraction of sp³-hybridized carbons (Fsp3) is 0.235. The molecule has 0 atom stereocenters. The van der Waals surface area contributed by atoms with E-state index in [1.165, 1.54) is 31.4 Å². The molecule has 1 N–H and O–H groups in total. The van der Waals surface area contributed by atoms with Crippen LogP contribution >= 0.6 is 0 Å². The Morgan fingerprint density at radius 3 is 2.50 bits per heavy atom. The topological polar surface area (TPSA) is 90.7 Å². The van der Waals surface area contributed by atoms with Crippen LogP contribution in [0, 0.1) is 10.1 Å². The van der Waals surface area contributed by atoms with Crippen molar-refractivity contribution in [3.8, 4) is 11.5 Å². The zero-order valence-corrected chi connectivity index (χ0v) is 13.8. The SMILES string of the molecule is COc1ccc([N+](=O)[O-])cc1C(=O)NCCc1ccc(OC(F)F)cc1. The van der Waals surface area contributed by atoms with E-state index >= 15 is 0 Å². The van der Waals surface area contributed by atoms with Crippen LogP contribution in [0.2, 0.25) is 0 Å². The predicted molar refractivity (Wildman–Crippen MR) is 88.8 cm³/mol. The second-order valence-electron chi connectivity index (χ2n) is 5.17. The lowest BCUT2D eigenvalue weighted by Crippen LogP contribution is -2.26. The van der Waals surface area contributed by atoms with Gasteiger partial charge in [-0.1, -0.05) is 12.1 Å². The molecule has 0 bridgehead atoms. The summed E-state index contributed by atoms with van der Waals surface area (Å²) in [4.78, 5) is 22.5. The zero-order chi connectivity index (χ0) is 19.1. The van der Waals surface area contributed by atoms with E-state index in [0.29, 0.717) is 6.42 Å². The maximum Gasteiger partial charge on any atom is 0.387 e. The number of halogens is 2. The molecule has 0 spiro atoms. The molecule has 138 valence electrons. The Morgan fingerprint density at radius 2 is 1.92 bits per heavy atom. The van der Waals surface area contributed by atoms with E-state index in [0.717, 1.165) is 11.6 Å². The number of non-ortho nitro benzene ring substituents is 1. The van der Waals surface area contributed by atoms with E-state index in [-0.39, 0.29) is 29.3 Å². The van der Waals surface area contributed by atoms with Crippen LogP contribution < -0.4 is 14.8 Å². The molecule has 0 saturated carbocycles. The summed E-state index contributed by atoms with van der Waals surface area (Å²) in [5.41, 5.74) is 0.644. The quantitative estimate of drug-likeness (QED) is 0.572. The summed E-state index contributed by atoms with van der Waals surface area (Å²) in [6.45, 7) is -2.63. The molecule has 1 amide bonds. The van der Waals surface area contributed by atoms with Crippen molar-refractivity contribution < 1.29 is 28.0 Å². The van der Waals surface area contributed by atoms with E-state index in [2.05, 4.69) is 10.1 Å². The van der Waals surface area contributed by atoms with Gasteiger partial charge in [0.25, 0.3) is 11.6 Å². The van der Waals surface area contributed by atoms with E-state index in [4.69, 9.17) is 4.74 Å². The van der Waals surface area contributed by atoms with Crippen molar-refractivity contribution in [1.82, 2.24) is 5.32 Å². The van der Waals surface area contributed by atoms with Gasteiger partial charge in [0, 0.05) is 18.7 Å². The number of amides is 1. The first kappa shape index (κ1) is 19.1. The highest BCUT2D eigenvalue weighted by molar-refractivity contribution is 5.97. The Morgan fingerprint density at radius 1 is 1.23 bits per heavy atom. The molecular weight excluding hydrogens is 350 g/mol. The Balaban J connectivity index is 1.96. The number of ether oxygens (including phenoxy) is 2. The molecule has 0 heterocycles. The molecule has 0 aliphatic heterocycles. The van der Waals surface area contributed by atoms with Crippen molar-refractivity contribution in [3.63, 3.8) is 0 Å². The lowest BCUT2D eigenvalue weighted by molar-refractivity contribution is -0.384. The standard InChI is InChI=1S/C17H16F2N2O5/c1-25-15-7-4-12(21(23)24)10-14(15)16(22)20-9-8-11-2-5-13(6-3-11)26-17(18)19/h2-7,10,17H,8-9H2,1H3,(H,20,22). The first-order valence-electron chi connectivity index (χ1n) is 7.55. The Labute approximate surface area is 147 Å². The van der Waals surface area contributed by atoms with Gasteiger partial charge in [-0.2, -0.15) is 8.78 Å².